The minimum Gasteiger partial charge on any atom is -0.257 e. The Hall–Kier alpha value is -1.90. The molecule has 134 valence electrons. The maximum atomic E-state index is 14.2. The monoisotopic (exact) mass is 364 g/mol. The summed E-state index contributed by atoms with van der Waals surface area (Å²) in [5.74, 6) is -0.482. The lowest BCUT2D eigenvalue weighted by atomic mass is 9.92. The first-order chi connectivity index (χ1) is 11.9. The first kappa shape index (κ1) is 17.9. The number of rotatable bonds is 4. The van der Waals surface area contributed by atoms with Crippen molar-refractivity contribution in [1.29, 1.82) is 0 Å². The van der Waals surface area contributed by atoms with E-state index in [1.54, 1.807) is 24.4 Å². The Morgan fingerprint density at radius 2 is 1.92 bits per heavy atom. The molecule has 0 amide bonds. The maximum Gasteiger partial charge on any atom is 0.281 e. The summed E-state index contributed by atoms with van der Waals surface area (Å²) in [7, 11) is -0.442. The maximum absolute atomic E-state index is 14.2. The number of halogens is 1. The smallest absolute Gasteiger partial charge is 0.257 e. The van der Waals surface area contributed by atoms with Gasteiger partial charge in [-0.3, -0.25) is 9.97 Å². The van der Waals surface area contributed by atoms with Crippen molar-refractivity contribution in [3.63, 3.8) is 0 Å². The Bertz CT molecular complexity index is 857. The number of piperidine rings is 1. The molecule has 0 saturated carbocycles. The molecular formula is C17H21FN4O2S. The number of benzene rings is 1. The van der Waals surface area contributed by atoms with E-state index < -0.39 is 10.2 Å². The van der Waals surface area contributed by atoms with Crippen molar-refractivity contribution in [2.45, 2.75) is 18.8 Å². The van der Waals surface area contributed by atoms with Crippen LogP contribution in [0, 0.1) is 5.82 Å². The first-order valence-corrected chi connectivity index (χ1v) is 9.54. The third-order valence-electron chi connectivity index (χ3n) is 4.41. The van der Waals surface area contributed by atoms with Crippen LogP contribution in [0.2, 0.25) is 0 Å². The zero-order valence-electron chi connectivity index (χ0n) is 14.3. The second-order valence-electron chi connectivity index (χ2n) is 6.26. The Kier molecular flexibility index (Phi) is 5.12. The van der Waals surface area contributed by atoms with Crippen LogP contribution >= 0.6 is 0 Å². The Morgan fingerprint density at radius 1 is 1.20 bits per heavy atom. The van der Waals surface area contributed by atoms with Gasteiger partial charge in [0.05, 0.1) is 11.4 Å². The second kappa shape index (κ2) is 7.15. The van der Waals surface area contributed by atoms with Gasteiger partial charge in [0.2, 0.25) is 0 Å². The van der Waals surface area contributed by atoms with E-state index >= 15 is 0 Å². The molecule has 1 aliphatic heterocycles. The SMILES string of the molecule is CN(C)S(=O)(=O)N1CCCC(c2nccnc2-c2ccccc2F)C1. The van der Waals surface area contributed by atoms with Crippen LogP contribution in [0.5, 0.6) is 0 Å². The summed E-state index contributed by atoms with van der Waals surface area (Å²) in [6, 6.07) is 6.43. The minimum absolute atomic E-state index is 0.119. The van der Waals surface area contributed by atoms with Crippen molar-refractivity contribution in [3.05, 3.63) is 48.2 Å². The summed E-state index contributed by atoms with van der Waals surface area (Å²) < 4.78 is 41.7. The van der Waals surface area contributed by atoms with Gasteiger partial charge < -0.3 is 0 Å². The molecule has 1 aliphatic rings. The highest BCUT2D eigenvalue weighted by Gasteiger charge is 2.33. The van der Waals surface area contributed by atoms with Crippen LogP contribution in [0.25, 0.3) is 11.3 Å². The molecule has 25 heavy (non-hydrogen) atoms. The number of hydrogen-bond donors (Lipinski definition) is 0. The van der Waals surface area contributed by atoms with Crippen LogP contribution in [0.4, 0.5) is 4.39 Å². The lowest BCUT2D eigenvalue weighted by molar-refractivity contribution is 0.296. The highest BCUT2D eigenvalue weighted by molar-refractivity contribution is 7.86. The third-order valence-corrected chi connectivity index (χ3v) is 6.32. The van der Waals surface area contributed by atoms with Gasteiger partial charge in [-0.1, -0.05) is 12.1 Å². The molecule has 2 aromatic rings. The summed E-state index contributed by atoms with van der Waals surface area (Å²) in [5.41, 5.74) is 1.51. The van der Waals surface area contributed by atoms with E-state index in [2.05, 4.69) is 9.97 Å². The van der Waals surface area contributed by atoms with Crippen molar-refractivity contribution >= 4 is 10.2 Å². The Balaban J connectivity index is 1.97. The van der Waals surface area contributed by atoms with Gasteiger partial charge in [-0.15, -0.1) is 0 Å². The molecule has 8 heteroatoms. The van der Waals surface area contributed by atoms with E-state index in [0.717, 1.165) is 12.8 Å². The van der Waals surface area contributed by atoms with Crippen LogP contribution < -0.4 is 0 Å². The fourth-order valence-corrected chi connectivity index (χ4v) is 4.30. The topological polar surface area (TPSA) is 66.4 Å². The van der Waals surface area contributed by atoms with E-state index in [0.29, 0.717) is 30.0 Å². The van der Waals surface area contributed by atoms with Gasteiger partial charge in [-0.2, -0.15) is 17.0 Å². The largest absolute Gasteiger partial charge is 0.281 e. The predicted molar refractivity (Wildman–Crippen MR) is 93.6 cm³/mol. The Labute approximate surface area is 147 Å². The average molecular weight is 364 g/mol. The van der Waals surface area contributed by atoms with Gasteiger partial charge in [0.1, 0.15) is 5.82 Å². The van der Waals surface area contributed by atoms with Crippen molar-refractivity contribution < 1.29 is 12.8 Å². The van der Waals surface area contributed by atoms with Crippen LogP contribution in [-0.4, -0.2) is 54.2 Å². The number of aromatic nitrogens is 2. The standard InChI is InChI=1S/C17H21FN4O2S/c1-21(2)25(23,24)22-11-5-6-13(12-22)16-17(20-10-9-19-16)14-7-3-4-8-15(14)18/h3-4,7-10,13H,5-6,11-12H2,1-2H3. The zero-order valence-corrected chi connectivity index (χ0v) is 15.1. The van der Waals surface area contributed by atoms with Crippen LogP contribution in [0.1, 0.15) is 24.5 Å². The predicted octanol–water partition coefficient (Wildman–Crippen LogP) is 2.27. The molecule has 1 saturated heterocycles. The summed E-state index contributed by atoms with van der Waals surface area (Å²) in [5, 5.41) is 0. The van der Waals surface area contributed by atoms with Gasteiger partial charge >= 0.3 is 0 Å². The molecule has 6 nitrogen and oxygen atoms in total. The number of nitrogens with zero attached hydrogens (tertiary/aromatic N) is 4. The molecule has 0 N–H and O–H groups in total. The fraction of sp³-hybridized carbons (Fsp3) is 0.412. The zero-order chi connectivity index (χ0) is 18.0. The van der Waals surface area contributed by atoms with E-state index in [1.165, 1.54) is 35.0 Å². The van der Waals surface area contributed by atoms with Crippen molar-refractivity contribution in [2.24, 2.45) is 0 Å². The summed E-state index contributed by atoms with van der Waals surface area (Å²) in [6.45, 7) is 0.799. The van der Waals surface area contributed by atoms with E-state index in [4.69, 9.17) is 0 Å². The molecule has 1 unspecified atom stereocenters. The van der Waals surface area contributed by atoms with Gasteiger partial charge in [-0.05, 0) is 25.0 Å². The van der Waals surface area contributed by atoms with Gasteiger partial charge in [0, 0.05) is 51.1 Å². The van der Waals surface area contributed by atoms with E-state index in [-0.39, 0.29) is 11.7 Å². The molecule has 0 bridgehead atoms. The number of hydrogen-bond acceptors (Lipinski definition) is 4. The van der Waals surface area contributed by atoms with Gasteiger partial charge in [0.15, 0.2) is 0 Å². The van der Waals surface area contributed by atoms with Crippen LogP contribution in [-0.2, 0) is 10.2 Å². The molecule has 3 rings (SSSR count). The second-order valence-corrected chi connectivity index (χ2v) is 8.40. The summed E-state index contributed by atoms with van der Waals surface area (Å²) in [4.78, 5) is 8.74. The van der Waals surface area contributed by atoms with Crippen LogP contribution in [0.15, 0.2) is 36.7 Å². The van der Waals surface area contributed by atoms with E-state index in [1.807, 2.05) is 0 Å². The van der Waals surface area contributed by atoms with Crippen molar-refractivity contribution in [2.75, 3.05) is 27.2 Å². The van der Waals surface area contributed by atoms with Crippen LogP contribution in [0.3, 0.4) is 0 Å². The molecule has 1 atom stereocenters. The quantitative estimate of drug-likeness (QED) is 0.835. The third kappa shape index (κ3) is 3.56. The van der Waals surface area contributed by atoms with Gasteiger partial charge in [-0.25, -0.2) is 4.39 Å². The molecule has 0 aliphatic carbocycles. The van der Waals surface area contributed by atoms with Gasteiger partial charge in [0.25, 0.3) is 10.2 Å². The molecule has 1 aromatic heterocycles. The first-order valence-electron chi connectivity index (χ1n) is 8.14. The highest BCUT2D eigenvalue weighted by Crippen LogP contribution is 2.33. The molecule has 0 spiro atoms. The summed E-state index contributed by atoms with van der Waals surface area (Å²) in [6.07, 6.45) is 4.62. The molecule has 2 heterocycles. The average Bonchev–Trinajstić information content (AvgIpc) is 2.62. The lowest BCUT2D eigenvalue weighted by Crippen LogP contribution is -2.45. The fourth-order valence-electron chi connectivity index (χ4n) is 3.11. The molecule has 0 radical (unpaired) electrons. The Morgan fingerprint density at radius 3 is 2.64 bits per heavy atom. The molecule has 1 fully saturated rings. The normalized spacial score (nSPS) is 19.3. The molecular weight excluding hydrogens is 343 g/mol. The minimum atomic E-state index is -3.48. The lowest BCUT2D eigenvalue weighted by Gasteiger charge is -2.33. The van der Waals surface area contributed by atoms with E-state index in [9.17, 15) is 12.8 Å². The van der Waals surface area contributed by atoms with Crippen molar-refractivity contribution in [1.82, 2.24) is 18.6 Å². The molecule has 1 aromatic carbocycles. The highest BCUT2D eigenvalue weighted by atomic mass is 32.2. The summed E-state index contributed by atoms with van der Waals surface area (Å²) >= 11 is 0. The van der Waals surface area contributed by atoms with Crippen molar-refractivity contribution in [3.8, 4) is 11.3 Å².